The van der Waals surface area contributed by atoms with E-state index in [-0.39, 0.29) is 17.9 Å². The van der Waals surface area contributed by atoms with Gasteiger partial charge in [-0.1, -0.05) is 37.3 Å². The zero-order valence-electron chi connectivity index (χ0n) is 13.0. The Morgan fingerprint density at radius 3 is 2.18 bits per heavy atom. The zero-order valence-corrected chi connectivity index (χ0v) is 13.8. The molecule has 122 valence electrons. The average Bonchev–Trinajstić information content (AvgIpc) is 2.53. The lowest BCUT2D eigenvalue weighted by molar-refractivity contribution is -0.136. The van der Waals surface area contributed by atoms with E-state index in [1.54, 1.807) is 4.90 Å². The van der Waals surface area contributed by atoms with Gasteiger partial charge >= 0.3 is 0 Å². The number of sulfonamides is 1. The number of carbonyl (C=O) groups excluding carboxylic acids is 1. The van der Waals surface area contributed by atoms with E-state index in [1.807, 2.05) is 37.3 Å². The molecule has 1 saturated heterocycles. The number of nitrogens with two attached hydrogens (primary N) is 1. The number of nitrogens with zero attached hydrogens (tertiary/aromatic N) is 2. The molecule has 0 bridgehead atoms. The van der Waals surface area contributed by atoms with E-state index in [2.05, 4.69) is 0 Å². The van der Waals surface area contributed by atoms with Gasteiger partial charge in [-0.2, -0.15) is 4.31 Å². The summed E-state index contributed by atoms with van der Waals surface area (Å²) in [7, 11) is -3.18. The van der Waals surface area contributed by atoms with Crippen molar-refractivity contribution in [3.05, 3.63) is 35.9 Å². The van der Waals surface area contributed by atoms with Gasteiger partial charge in [0.2, 0.25) is 15.9 Å². The fraction of sp³-hybridized carbons (Fsp3) is 0.533. The molecule has 0 saturated carbocycles. The Hall–Kier alpha value is -1.44. The van der Waals surface area contributed by atoms with Crippen molar-refractivity contribution in [1.29, 1.82) is 0 Å². The Labute approximate surface area is 131 Å². The molecule has 2 rings (SSSR count). The van der Waals surface area contributed by atoms with Gasteiger partial charge in [-0.3, -0.25) is 4.79 Å². The largest absolute Gasteiger partial charge is 0.340 e. The molecular weight excluding hydrogens is 302 g/mol. The molecule has 0 aliphatic carbocycles. The minimum absolute atomic E-state index is 0.0236. The van der Waals surface area contributed by atoms with Crippen LogP contribution < -0.4 is 5.73 Å². The number of amides is 1. The molecule has 1 aliphatic rings. The van der Waals surface area contributed by atoms with Crippen molar-refractivity contribution in [1.82, 2.24) is 9.21 Å². The second kappa shape index (κ2) is 6.76. The summed E-state index contributed by atoms with van der Waals surface area (Å²) in [6, 6.07) is 9.18. The van der Waals surface area contributed by atoms with E-state index in [4.69, 9.17) is 5.73 Å². The first-order valence-corrected chi connectivity index (χ1v) is 9.20. The molecule has 2 unspecified atom stereocenters. The summed E-state index contributed by atoms with van der Waals surface area (Å²) in [5.41, 5.74) is 7.12. The monoisotopic (exact) mass is 325 g/mol. The van der Waals surface area contributed by atoms with Crippen LogP contribution in [0.25, 0.3) is 0 Å². The Balaban J connectivity index is 1.98. The lowest BCUT2D eigenvalue weighted by Crippen LogP contribution is -2.52. The molecule has 1 aromatic rings. The van der Waals surface area contributed by atoms with Gasteiger partial charge in [-0.25, -0.2) is 8.42 Å². The van der Waals surface area contributed by atoms with Crippen LogP contribution in [0.3, 0.4) is 0 Å². The fourth-order valence-electron chi connectivity index (χ4n) is 2.65. The van der Waals surface area contributed by atoms with Crippen LogP contribution in [0.4, 0.5) is 0 Å². The standard InChI is InChI=1S/C15H23N3O3S/c1-12(14(16)13-6-4-3-5-7-13)15(19)17-8-10-18(11-9-17)22(2,20)21/h3-7,12,14H,8-11,16H2,1-2H3. The topological polar surface area (TPSA) is 83.7 Å². The minimum atomic E-state index is -3.18. The van der Waals surface area contributed by atoms with Crippen LogP contribution in [0.5, 0.6) is 0 Å². The van der Waals surface area contributed by atoms with E-state index in [0.717, 1.165) is 5.56 Å². The van der Waals surface area contributed by atoms with Crippen LogP contribution >= 0.6 is 0 Å². The Kier molecular flexibility index (Phi) is 5.20. The lowest BCUT2D eigenvalue weighted by Gasteiger charge is -2.35. The molecule has 1 heterocycles. The maximum atomic E-state index is 12.5. The predicted octanol–water partition coefficient (Wildman–Crippen LogP) is 0.426. The quantitative estimate of drug-likeness (QED) is 0.870. The summed E-state index contributed by atoms with van der Waals surface area (Å²) in [5.74, 6) is -0.364. The van der Waals surface area contributed by atoms with Gasteiger partial charge in [0.15, 0.2) is 0 Å². The van der Waals surface area contributed by atoms with Gasteiger partial charge in [0.25, 0.3) is 0 Å². The molecule has 1 aromatic carbocycles. The maximum Gasteiger partial charge on any atom is 0.227 e. The normalized spacial score (nSPS) is 19.7. The third kappa shape index (κ3) is 3.85. The van der Waals surface area contributed by atoms with Crippen molar-refractivity contribution in [3.8, 4) is 0 Å². The zero-order chi connectivity index (χ0) is 16.3. The molecule has 1 fully saturated rings. The first-order chi connectivity index (χ1) is 10.3. The molecular formula is C15H23N3O3S. The Bertz CT molecular complexity index is 610. The van der Waals surface area contributed by atoms with Crippen molar-refractivity contribution >= 4 is 15.9 Å². The van der Waals surface area contributed by atoms with E-state index in [0.29, 0.717) is 26.2 Å². The summed E-state index contributed by atoms with van der Waals surface area (Å²) in [4.78, 5) is 14.3. The molecule has 6 nitrogen and oxygen atoms in total. The molecule has 7 heteroatoms. The van der Waals surface area contributed by atoms with Gasteiger partial charge in [0, 0.05) is 32.2 Å². The van der Waals surface area contributed by atoms with Crippen LogP contribution in [0, 0.1) is 5.92 Å². The van der Waals surface area contributed by atoms with Gasteiger partial charge in [0.1, 0.15) is 0 Å². The number of benzene rings is 1. The Morgan fingerprint density at radius 1 is 1.14 bits per heavy atom. The van der Waals surface area contributed by atoms with Crippen LogP contribution in [0.1, 0.15) is 18.5 Å². The second-order valence-electron chi connectivity index (χ2n) is 5.71. The van der Waals surface area contributed by atoms with Gasteiger partial charge in [-0.05, 0) is 5.56 Å². The van der Waals surface area contributed by atoms with Gasteiger partial charge in [0.05, 0.1) is 12.2 Å². The molecule has 1 amide bonds. The second-order valence-corrected chi connectivity index (χ2v) is 7.69. The molecule has 0 radical (unpaired) electrons. The maximum absolute atomic E-state index is 12.5. The highest BCUT2D eigenvalue weighted by Gasteiger charge is 2.31. The highest BCUT2D eigenvalue weighted by atomic mass is 32.2. The number of carbonyl (C=O) groups is 1. The summed E-state index contributed by atoms with van der Waals surface area (Å²) in [6.07, 6.45) is 1.19. The van der Waals surface area contributed by atoms with Crippen LogP contribution in [-0.4, -0.2) is 56.0 Å². The highest BCUT2D eigenvalue weighted by Crippen LogP contribution is 2.21. The molecule has 0 aromatic heterocycles. The van der Waals surface area contributed by atoms with E-state index in [1.165, 1.54) is 10.6 Å². The highest BCUT2D eigenvalue weighted by molar-refractivity contribution is 7.88. The first-order valence-electron chi connectivity index (χ1n) is 7.35. The third-order valence-electron chi connectivity index (χ3n) is 4.13. The van der Waals surface area contributed by atoms with Crippen molar-refractivity contribution in [2.45, 2.75) is 13.0 Å². The van der Waals surface area contributed by atoms with Gasteiger partial charge < -0.3 is 10.6 Å². The minimum Gasteiger partial charge on any atom is -0.340 e. The molecule has 1 aliphatic heterocycles. The third-order valence-corrected chi connectivity index (χ3v) is 5.44. The molecule has 22 heavy (non-hydrogen) atoms. The lowest BCUT2D eigenvalue weighted by atomic mass is 9.94. The predicted molar refractivity (Wildman–Crippen MR) is 85.5 cm³/mol. The molecule has 2 N–H and O–H groups in total. The number of rotatable bonds is 4. The molecule has 2 atom stereocenters. The SMILES string of the molecule is CC(C(=O)N1CCN(S(C)(=O)=O)CC1)C(N)c1ccccc1. The van der Waals surface area contributed by atoms with Gasteiger partial charge in [-0.15, -0.1) is 0 Å². The van der Waals surface area contributed by atoms with E-state index in [9.17, 15) is 13.2 Å². The van der Waals surface area contributed by atoms with Crippen LogP contribution in [0.15, 0.2) is 30.3 Å². The first kappa shape index (κ1) is 16.9. The smallest absolute Gasteiger partial charge is 0.227 e. The van der Waals surface area contributed by atoms with E-state index >= 15 is 0 Å². The van der Waals surface area contributed by atoms with Crippen molar-refractivity contribution in [2.75, 3.05) is 32.4 Å². The summed E-state index contributed by atoms with van der Waals surface area (Å²) < 4.78 is 24.4. The van der Waals surface area contributed by atoms with E-state index < -0.39 is 10.0 Å². The number of hydrogen-bond acceptors (Lipinski definition) is 4. The number of piperazine rings is 1. The summed E-state index contributed by atoms with van der Waals surface area (Å²) in [5, 5.41) is 0. The molecule has 0 spiro atoms. The van der Waals surface area contributed by atoms with Crippen LogP contribution in [0.2, 0.25) is 0 Å². The Morgan fingerprint density at radius 2 is 1.68 bits per heavy atom. The summed E-state index contributed by atoms with van der Waals surface area (Å²) >= 11 is 0. The average molecular weight is 325 g/mol. The number of hydrogen-bond donors (Lipinski definition) is 1. The fourth-order valence-corrected chi connectivity index (χ4v) is 3.47. The van der Waals surface area contributed by atoms with Crippen molar-refractivity contribution in [2.24, 2.45) is 11.7 Å². The van der Waals surface area contributed by atoms with Crippen molar-refractivity contribution < 1.29 is 13.2 Å². The van der Waals surface area contributed by atoms with Crippen LogP contribution in [-0.2, 0) is 14.8 Å². The van der Waals surface area contributed by atoms with Crippen molar-refractivity contribution in [3.63, 3.8) is 0 Å². The summed E-state index contributed by atoms with van der Waals surface area (Å²) in [6.45, 7) is 3.34.